The second-order valence-corrected chi connectivity index (χ2v) is 4.23. The lowest BCUT2D eigenvalue weighted by Crippen LogP contribution is -2.06. The summed E-state index contributed by atoms with van der Waals surface area (Å²) >= 11 is 1.59. The number of pyridine rings is 1. The molecule has 0 atom stereocenters. The van der Waals surface area contributed by atoms with Gasteiger partial charge >= 0.3 is 0 Å². The molecule has 1 heterocycles. The quantitative estimate of drug-likeness (QED) is 0.609. The molecule has 0 aromatic carbocycles. The number of hydrogen-bond donors (Lipinski definition) is 1. The number of allylic oxidation sites excluding steroid dienone is 1. The maximum absolute atomic E-state index is 4.11. The second kappa shape index (κ2) is 6.43. The van der Waals surface area contributed by atoms with Crippen LogP contribution in [-0.4, -0.2) is 11.5 Å². The SMILES string of the molecule is C=C(C)CNSc1cnccc1C=CC. The second-order valence-electron chi connectivity index (χ2n) is 3.29. The summed E-state index contributed by atoms with van der Waals surface area (Å²) in [6.45, 7) is 8.67. The van der Waals surface area contributed by atoms with Crippen LogP contribution >= 0.6 is 11.9 Å². The molecule has 0 radical (unpaired) electrons. The van der Waals surface area contributed by atoms with Gasteiger partial charge in [-0.2, -0.15) is 0 Å². The van der Waals surface area contributed by atoms with Crippen LogP contribution in [0.25, 0.3) is 6.08 Å². The molecule has 0 saturated carbocycles. The van der Waals surface area contributed by atoms with Crippen molar-refractivity contribution in [2.24, 2.45) is 0 Å². The first-order valence-electron chi connectivity index (χ1n) is 4.85. The molecule has 15 heavy (non-hydrogen) atoms. The summed E-state index contributed by atoms with van der Waals surface area (Å²) in [5.74, 6) is 0. The van der Waals surface area contributed by atoms with Crippen LogP contribution in [0, 0.1) is 0 Å². The van der Waals surface area contributed by atoms with Gasteiger partial charge in [0.1, 0.15) is 0 Å². The van der Waals surface area contributed by atoms with Crippen LogP contribution < -0.4 is 4.72 Å². The van der Waals surface area contributed by atoms with E-state index in [4.69, 9.17) is 0 Å². The minimum absolute atomic E-state index is 0.814. The highest BCUT2D eigenvalue weighted by Crippen LogP contribution is 2.19. The van der Waals surface area contributed by atoms with Crippen LogP contribution in [0.3, 0.4) is 0 Å². The van der Waals surface area contributed by atoms with Crippen LogP contribution in [0.4, 0.5) is 0 Å². The lowest BCUT2D eigenvalue weighted by atomic mass is 10.2. The molecule has 0 unspecified atom stereocenters. The Kier molecular flexibility index (Phi) is 5.15. The van der Waals surface area contributed by atoms with Gasteiger partial charge in [-0.1, -0.05) is 24.3 Å². The summed E-state index contributed by atoms with van der Waals surface area (Å²) < 4.78 is 3.24. The Labute approximate surface area is 95.6 Å². The van der Waals surface area contributed by atoms with Crippen molar-refractivity contribution in [2.75, 3.05) is 6.54 Å². The average Bonchev–Trinajstić information content (AvgIpc) is 2.20. The monoisotopic (exact) mass is 220 g/mol. The molecular weight excluding hydrogens is 204 g/mol. The highest BCUT2D eigenvalue weighted by atomic mass is 32.2. The number of nitrogens with zero attached hydrogens (tertiary/aromatic N) is 1. The summed E-state index contributed by atoms with van der Waals surface area (Å²) in [5.41, 5.74) is 2.31. The minimum atomic E-state index is 0.814. The lowest BCUT2D eigenvalue weighted by molar-refractivity contribution is 1.05. The molecule has 0 amide bonds. The van der Waals surface area contributed by atoms with Crippen molar-refractivity contribution in [1.29, 1.82) is 0 Å². The first kappa shape index (κ1) is 12.0. The zero-order chi connectivity index (χ0) is 11.1. The molecule has 3 heteroatoms. The zero-order valence-corrected chi connectivity index (χ0v) is 9.97. The fourth-order valence-corrected chi connectivity index (χ4v) is 1.87. The normalized spacial score (nSPS) is 10.8. The lowest BCUT2D eigenvalue weighted by Gasteiger charge is -2.05. The van der Waals surface area contributed by atoms with Crippen LogP contribution in [0.5, 0.6) is 0 Å². The van der Waals surface area contributed by atoms with Gasteiger partial charge in [0.15, 0.2) is 0 Å². The molecule has 1 aromatic heterocycles. The van der Waals surface area contributed by atoms with Crippen molar-refractivity contribution in [3.8, 4) is 0 Å². The Balaban J connectivity index is 2.63. The maximum atomic E-state index is 4.11. The molecule has 80 valence electrons. The molecule has 1 aromatic rings. The first-order chi connectivity index (χ1) is 7.24. The van der Waals surface area contributed by atoms with E-state index in [0.717, 1.165) is 17.0 Å². The van der Waals surface area contributed by atoms with Crippen molar-refractivity contribution < 1.29 is 0 Å². The topological polar surface area (TPSA) is 24.9 Å². The molecule has 0 spiro atoms. The van der Waals surface area contributed by atoms with Crippen molar-refractivity contribution in [3.63, 3.8) is 0 Å². The third-order valence-electron chi connectivity index (χ3n) is 1.72. The summed E-state index contributed by atoms with van der Waals surface area (Å²) in [6.07, 6.45) is 7.77. The van der Waals surface area contributed by atoms with Gasteiger partial charge in [-0.25, -0.2) is 0 Å². The van der Waals surface area contributed by atoms with E-state index in [9.17, 15) is 0 Å². The van der Waals surface area contributed by atoms with E-state index in [1.165, 1.54) is 5.56 Å². The number of rotatable bonds is 5. The van der Waals surface area contributed by atoms with Crippen LogP contribution in [-0.2, 0) is 0 Å². The van der Waals surface area contributed by atoms with Gasteiger partial charge in [0.2, 0.25) is 0 Å². The van der Waals surface area contributed by atoms with Gasteiger partial charge in [-0.15, -0.1) is 0 Å². The Morgan fingerprint density at radius 3 is 3.13 bits per heavy atom. The molecule has 1 rings (SSSR count). The van der Waals surface area contributed by atoms with Crippen LogP contribution in [0.1, 0.15) is 19.4 Å². The Hall–Kier alpha value is -1.06. The van der Waals surface area contributed by atoms with Crippen molar-refractivity contribution in [3.05, 3.63) is 42.3 Å². The summed E-state index contributed by atoms with van der Waals surface area (Å²) in [5, 5.41) is 0. The molecule has 1 N–H and O–H groups in total. The molecular formula is C12H16N2S. The Morgan fingerprint density at radius 1 is 1.67 bits per heavy atom. The maximum Gasteiger partial charge on any atom is 0.0483 e. The van der Waals surface area contributed by atoms with Crippen molar-refractivity contribution >= 4 is 18.0 Å². The van der Waals surface area contributed by atoms with E-state index in [-0.39, 0.29) is 0 Å². The van der Waals surface area contributed by atoms with Gasteiger partial charge < -0.3 is 0 Å². The highest BCUT2D eigenvalue weighted by Gasteiger charge is 1.99. The van der Waals surface area contributed by atoms with E-state index < -0.39 is 0 Å². The van der Waals surface area contributed by atoms with Crippen molar-refractivity contribution in [2.45, 2.75) is 18.7 Å². The molecule has 0 aliphatic carbocycles. The molecule has 0 fully saturated rings. The molecule has 0 saturated heterocycles. The summed E-state index contributed by atoms with van der Waals surface area (Å²) in [4.78, 5) is 5.24. The van der Waals surface area contributed by atoms with E-state index in [0.29, 0.717) is 0 Å². The van der Waals surface area contributed by atoms with Crippen LogP contribution in [0.15, 0.2) is 41.6 Å². The van der Waals surface area contributed by atoms with Crippen molar-refractivity contribution in [1.82, 2.24) is 9.71 Å². The Morgan fingerprint density at radius 2 is 2.47 bits per heavy atom. The van der Waals surface area contributed by atoms with Gasteiger partial charge in [-0.3, -0.25) is 9.71 Å². The predicted molar refractivity (Wildman–Crippen MR) is 67.6 cm³/mol. The number of hydrogen-bond acceptors (Lipinski definition) is 3. The minimum Gasteiger partial charge on any atom is -0.263 e. The fourth-order valence-electron chi connectivity index (χ4n) is 1.03. The van der Waals surface area contributed by atoms with E-state index in [1.54, 1.807) is 18.1 Å². The molecule has 0 aliphatic heterocycles. The van der Waals surface area contributed by atoms with E-state index in [2.05, 4.69) is 22.4 Å². The van der Waals surface area contributed by atoms with Crippen LogP contribution in [0.2, 0.25) is 0 Å². The molecule has 0 bridgehead atoms. The van der Waals surface area contributed by atoms with E-state index >= 15 is 0 Å². The zero-order valence-electron chi connectivity index (χ0n) is 9.16. The Bertz CT molecular complexity index is 358. The van der Waals surface area contributed by atoms with Gasteiger partial charge in [0.25, 0.3) is 0 Å². The standard InChI is InChI=1S/C12H16N2S/c1-4-5-11-6-7-13-9-12(11)15-14-8-10(2)3/h4-7,9,14H,2,8H2,1,3H3. The third-order valence-corrected chi connectivity index (χ3v) is 2.57. The summed E-state index contributed by atoms with van der Waals surface area (Å²) in [6, 6.07) is 2.00. The van der Waals surface area contributed by atoms with Gasteiger partial charge in [0.05, 0.1) is 0 Å². The third kappa shape index (κ3) is 4.32. The number of aromatic nitrogens is 1. The number of nitrogens with one attached hydrogen (secondary N) is 1. The summed E-state index contributed by atoms with van der Waals surface area (Å²) in [7, 11) is 0. The fraction of sp³-hybridized carbons (Fsp3) is 0.250. The first-order valence-corrected chi connectivity index (χ1v) is 5.66. The molecule has 0 aliphatic rings. The largest absolute Gasteiger partial charge is 0.263 e. The highest BCUT2D eigenvalue weighted by molar-refractivity contribution is 7.97. The van der Waals surface area contributed by atoms with Gasteiger partial charge in [-0.05, 0) is 37.4 Å². The molecule has 2 nitrogen and oxygen atoms in total. The predicted octanol–water partition coefficient (Wildman–Crippen LogP) is 3.29. The van der Waals surface area contributed by atoms with Gasteiger partial charge in [0, 0.05) is 23.8 Å². The van der Waals surface area contributed by atoms with E-state index in [1.807, 2.05) is 32.2 Å². The smallest absolute Gasteiger partial charge is 0.0483 e. The average molecular weight is 220 g/mol.